The molecule has 7 rings (SSSR count). The van der Waals surface area contributed by atoms with Crippen molar-refractivity contribution in [2.45, 2.75) is 87.1 Å². The maximum atomic E-state index is 14.0. The fourth-order valence-corrected chi connectivity index (χ4v) is 11.6. The van der Waals surface area contributed by atoms with Crippen molar-refractivity contribution in [3.05, 3.63) is 29.8 Å². The Bertz CT molecular complexity index is 1290. The third kappa shape index (κ3) is 3.21. The molecule has 0 radical (unpaired) electrons. The van der Waals surface area contributed by atoms with E-state index < -0.39 is 34.3 Å². The number of methoxy groups -OCH3 is 3. The molecule has 1 aromatic rings. The number of para-hydroxylation sites is 1. The SMILES string of the molecule is CCN1C[C@]2(OC(=O)c3ccccc3NC(C)=O)CC[C@H](OC)[C@]34C1[C@H](C[C@H]23)[C@@]1(O)C[C@H](OC)C2C[C@@H]4[C@]1(O)[C@H]2OC. The number of anilines is 1. The van der Waals surface area contributed by atoms with Gasteiger partial charge in [0.25, 0.3) is 0 Å². The van der Waals surface area contributed by atoms with Crippen LogP contribution in [-0.2, 0) is 23.7 Å². The summed E-state index contributed by atoms with van der Waals surface area (Å²) in [5.41, 5.74) is -3.57. The van der Waals surface area contributed by atoms with E-state index in [1.165, 1.54) is 6.92 Å². The molecule has 0 aromatic heterocycles. The molecule has 1 amide bonds. The molecule has 2 unspecified atom stereocenters. The number of benzene rings is 1. The molecule has 1 spiro atoms. The summed E-state index contributed by atoms with van der Waals surface area (Å²) in [6, 6.07) is 6.89. The van der Waals surface area contributed by atoms with Crippen molar-refractivity contribution in [3.63, 3.8) is 0 Å². The van der Waals surface area contributed by atoms with Crippen molar-refractivity contribution in [1.82, 2.24) is 4.90 Å². The number of likely N-dealkylation sites (N-methyl/N-ethyl adjacent to an activating group) is 1. The first kappa shape index (κ1) is 28.7. The molecule has 1 heterocycles. The van der Waals surface area contributed by atoms with Gasteiger partial charge in [0.05, 0.1) is 29.6 Å². The van der Waals surface area contributed by atoms with E-state index in [9.17, 15) is 19.8 Å². The maximum Gasteiger partial charge on any atom is 0.340 e. The van der Waals surface area contributed by atoms with Crippen molar-refractivity contribution >= 4 is 17.6 Å². The van der Waals surface area contributed by atoms with Gasteiger partial charge < -0.3 is 34.5 Å². The number of esters is 1. The molecule has 1 saturated heterocycles. The minimum Gasteiger partial charge on any atom is -0.454 e. The van der Waals surface area contributed by atoms with Crippen LogP contribution in [-0.4, -0.2) is 103 Å². The monoisotopic (exact) mass is 584 g/mol. The Kier molecular flexibility index (Phi) is 6.46. The molecule has 3 N–H and O–H groups in total. The highest BCUT2D eigenvalue weighted by Gasteiger charge is 2.89. The van der Waals surface area contributed by atoms with Crippen molar-refractivity contribution in [1.29, 1.82) is 0 Å². The topological polar surface area (TPSA) is 127 Å². The minimum absolute atomic E-state index is 0.0432. The number of hydrogen-bond donors (Lipinski definition) is 3. The van der Waals surface area contributed by atoms with Gasteiger partial charge in [0.15, 0.2) is 0 Å². The summed E-state index contributed by atoms with van der Waals surface area (Å²) in [4.78, 5) is 28.3. The molecule has 10 nitrogen and oxygen atoms in total. The fraction of sp³-hybridized carbons (Fsp3) is 0.750. The molecule has 6 aliphatic rings. The zero-order chi connectivity index (χ0) is 29.8. The van der Waals surface area contributed by atoms with E-state index in [1.54, 1.807) is 45.6 Å². The van der Waals surface area contributed by atoms with E-state index in [0.717, 1.165) is 0 Å². The molecule has 42 heavy (non-hydrogen) atoms. The third-order valence-electron chi connectivity index (χ3n) is 12.6. The van der Waals surface area contributed by atoms with Crippen LogP contribution in [0.2, 0.25) is 0 Å². The smallest absolute Gasteiger partial charge is 0.340 e. The van der Waals surface area contributed by atoms with Crippen molar-refractivity contribution in [2.75, 3.05) is 39.7 Å². The molecule has 230 valence electrons. The van der Waals surface area contributed by atoms with Crippen LogP contribution < -0.4 is 5.32 Å². The number of fused-ring (bicyclic) bond motifs is 2. The Labute approximate surface area is 247 Å². The average molecular weight is 585 g/mol. The summed E-state index contributed by atoms with van der Waals surface area (Å²) >= 11 is 0. The molecule has 5 aliphatic carbocycles. The first-order valence-electron chi connectivity index (χ1n) is 15.4. The summed E-state index contributed by atoms with van der Waals surface area (Å²) in [7, 11) is 5.05. The van der Waals surface area contributed by atoms with Crippen molar-refractivity contribution < 1.29 is 38.7 Å². The van der Waals surface area contributed by atoms with Gasteiger partial charge in [-0.25, -0.2) is 4.79 Å². The summed E-state index contributed by atoms with van der Waals surface area (Å²) in [5.74, 6) is -1.54. The number of nitrogens with zero attached hydrogens (tertiary/aromatic N) is 1. The number of ether oxygens (including phenoxy) is 4. The predicted octanol–water partition coefficient (Wildman–Crippen LogP) is 2.22. The molecular formula is C32H44N2O8. The normalized spacial score (nSPS) is 48.2. The van der Waals surface area contributed by atoms with Gasteiger partial charge in [0.2, 0.25) is 5.91 Å². The first-order valence-corrected chi connectivity index (χ1v) is 15.4. The van der Waals surface area contributed by atoms with E-state index in [-0.39, 0.29) is 47.8 Å². The first-order chi connectivity index (χ1) is 20.1. The van der Waals surface area contributed by atoms with Gasteiger partial charge in [-0.2, -0.15) is 0 Å². The zero-order valence-corrected chi connectivity index (χ0v) is 25.2. The maximum absolute atomic E-state index is 14.0. The van der Waals surface area contributed by atoms with Gasteiger partial charge in [-0.15, -0.1) is 0 Å². The lowest BCUT2D eigenvalue weighted by Gasteiger charge is -2.70. The summed E-state index contributed by atoms with van der Waals surface area (Å²) in [6.45, 7) is 4.79. The highest BCUT2D eigenvalue weighted by Crippen LogP contribution is 2.79. The van der Waals surface area contributed by atoms with Gasteiger partial charge in [-0.1, -0.05) is 19.1 Å². The van der Waals surface area contributed by atoms with Crippen LogP contribution in [0.3, 0.4) is 0 Å². The van der Waals surface area contributed by atoms with Crippen molar-refractivity contribution in [2.24, 2.45) is 29.1 Å². The van der Waals surface area contributed by atoms with Crippen LogP contribution in [0.5, 0.6) is 0 Å². The van der Waals surface area contributed by atoms with Gasteiger partial charge in [0, 0.05) is 76.3 Å². The lowest BCUT2D eigenvalue weighted by atomic mass is 9.44. The summed E-state index contributed by atoms with van der Waals surface area (Å²) in [6.07, 6.45) is 1.91. The largest absolute Gasteiger partial charge is 0.454 e. The zero-order valence-electron chi connectivity index (χ0n) is 25.2. The molecule has 12 atom stereocenters. The number of rotatable bonds is 7. The van der Waals surface area contributed by atoms with Gasteiger partial charge in [-0.3, -0.25) is 9.69 Å². The van der Waals surface area contributed by atoms with E-state index in [0.29, 0.717) is 56.4 Å². The van der Waals surface area contributed by atoms with Crippen LogP contribution in [0.25, 0.3) is 0 Å². The van der Waals surface area contributed by atoms with E-state index in [1.807, 2.05) is 0 Å². The van der Waals surface area contributed by atoms with Crippen LogP contribution in [0.1, 0.15) is 56.3 Å². The number of hydrogen-bond acceptors (Lipinski definition) is 9. The van der Waals surface area contributed by atoms with E-state index in [4.69, 9.17) is 18.9 Å². The number of carbonyl (C=O) groups excluding carboxylic acids is 2. The van der Waals surface area contributed by atoms with E-state index in [2.05, 4.69) is 17.1 Å². The Morgan fingerprint density at radius 3 is 2.50 bits per heavy atom. The van der Waals surface area contributed by atoms with Crippen LogP contribution in [0, 0.1) is 29.1 Å². The predicted molar refractivity (Wildman–Crippen MR) is 152 cm³/mol. The molecule has 1 aliphatic heterocycles. The molecule has 10 heteroatoms. The number of carbonyl (C=O) groups is 2. The number of amides is 1. The van der Waals surface area contributed by atoms with Gasteiger partial charge >= 0.3 is 5.97 Å². The molecule has 6 fully saturated rings. The Morgan fingerprint density at radius 1 is 1.07 bits per heavy atom. The molecule has 1 aromatic carbocycles. The summed E-state index contributed by atoms with van der Waals surface area (Å²) in [5, 5.41) is 28.4. The second-order valence-corrected chi connectivity index (χ2v) is 13.7. The standard InChI is InChI=1S/C32H44N2O8/c1-6-34-16-29(42-28(36)18-9-7-8-10-21(18)33-17(2)35)12-11-25(40-4)31-23(29)14-20(26(31)34)30(37)15-22(39-3)19-13-24(31)32(30,38)27(19)41-5/h7-10,19-20,22-27,37-38H,6,11-16H2,1-5H3,(H,33,35)/t19?,20-,22-,23+,24-,25-,26?,27-,29+,30-,31-,32-/m0/s1. The Balaban J connectivity index is 1.38. The lowest BCUT2D eigenvalue weighted by Crippen LogP contribution is -2.83. The molecular weight excluding hydrogens is 540 g/mol. The highest BCUT2D eigenvalue weighted by molar-refractivity contribution is 6.00. The molecule has 7 bridgehead atoms. The Morgan fingerprint density at radius 2 is 1.83 bits per heavy atom. The van der Waals surface area contributed by atoms with Crippen LogP contribution >= 0.6 is 0 Å². The van der Waals surface area contributed by atoms with Crippen LogP contribution in [0.4, 0.5) is 5.69 Å². The number of aliphatic hydroxyl groups is 2. The number of likely N-dealkylation sites (tertiary alicyclic amines) is 1. The number of nitrogens with one attached hydrogen (secondary N) is 1. The second kappa shape index (κ2) is 9.46. The van der Waals surface area contributed by atoms with E-state index >= 15 is 0 Å². The van der Waals surface area contributed by atoms with Crippen LogP contribution in [0.15, 0.2) is 24.3 Å². The lowest BCUT2D eigenvalue weighted by molar-refractivity contribution is -0.337. The second-order valence-electron chi connectivity index (χ2n) is 13.7. The third-order valence-corrected chi connectivity index (χ3v) is 12.6. The summed E-state index contributed by atoms with van der Waals surface area (Å²) < 4.78 is 25.1. The Hall–Kier alpha value is -2.08. The van der Waals surface area contributed by atoms with Gasteiger partial charge in [-0.05, 0) is 44.4 Å². The fourth-order valence-electron chi connectivity index (χ4n) is 11.6. The number of piperidine rings is 1. The highest BCUT2D eigenvalue weighted by atomic mass is 16.6. The average Bonchev–Trinajstić information content (AvgIpc) is 3.39. The quantitative estimate of drug-likeness (QED) is 0.414. The minimum atomic E-state index is -1.48. The van der Waals surface area contributed by atoms with Gasteiger partial charge in [0.1, 0.15) is 16.8 Å². The molecule has 5 saturated carbocycles. The van der Waals surface area contributed by atoms with Crippen molar-refractivity contribution in [3.8, 4) is 0 Å².